The number of hydrogen-bond acceptors (Lipinski definition) is 5. The summed E-state index contributed by atoms with van der Waals surface area (Å²) in [5.74, 6) is -0.694. The summed E-state index contributed by atoms with van der Waals surface area (Å²) in [6.45, 7) is 0.261. The van der Waals surface area contributed by atoms with Crippen molar-refractivity contribution in [3.8, 4) is 5.75 Å². The first-order valence-corrected chi connectivity index (χ1v) is 8.18. The lowest BCUT2D eigenvalue weighted by molar-refractivity contribution is 0.275. The average molecular weight is 337 g/mol. The van der Waals surface area contributed by atoms with Crippen molar-refractivity contribution >= 4 is 28.3 Å². The van der Waals surface area contributed by atoms with Crippen LogP contribution < -0.4 is 14.9 Å². The van der Waals surface area contributed by atoms with E-state index in [9.17, 15) is 17.8 Å². The third-order valence-electron chi connectivity index (χ3n) is 3.49. The number of nitrogens with one attached hydrogen (secondary N) is 1. The number of hydrogen-bond donors (Lipinski definition) is 2. The average Bonchev–Trinajstić information content (AvgIpc) is 2.87. The zero-order valence-corrected chi connectivity index (χ0v) is 12.9. The van der Waals surface area contributed by atoms with E-state index < -0.39 is 27.9 Å². The summed E-state index contributed by atoms with van der Waals surface area (Å²) in [4.78, 5) is -0.490. The predicted octanol–water partition coefficient (Wildman–Crippen LogP) is 0.853. The molecule has 0 aromatic heterocycles. The Morgan fingerprint density at radius 2 is 2.09 bits per heavy atom. The minimum absolute atomic E-state index is 0.212. The Hall–Kier alpha value is -2.10. The fourth-order valence-corrected chi connectivity index (χ4v) is 3.42. The van der Waals surface area contributed by atoms with Crippen molar-refractivity contribution in [2.75, 3.05) is 11.8 Å². The van der Waals surface area contributed by atoms with Crippen molar-refractivity contribution in [3.63, 3.8) is 0 Å². The van der Waals surface area contributed by atoms with Gasteiger partial charge in [0, 0.05) is 11.8 Å². The summed E-state index contributed by atoms with van der Waals surface area (Å²) in [6, 6.07) is 8.12. The molecule has 1 aliphatic rings. The summed E-state index contributed by atoms with van der Waals surface area (Å²) >= 11 is 0. The Labute approximate surface area is 133 Å². The van der Waals surface area contributed by atoms with E-state index in [0.717, 1.165) is 17.7 Å². The SMILES string of the molecule is COc1ccc(S(=O)(=O)Nc2ccc3c(c2)B(O)OC3)c(F)c1. The van der Waals surface area contributed by atoms with Crippen LogP contribution in [0.3, 0.4) is 0 Å². The van der Waals surface area contributed by atoms with Crippen molar-refractivity contribution in [2.24, 2.45) is 0 Å². The highest BCUT2D eigenvalue weighted by Crippen LogP contribution is 2.23. The van der Waals surface area contributed by atoms with Gasteiger partial charge in [0.05, 0.1) is 13.7 Å². The molecule has 1 heterocycles. The van der Waals surface area contributed by atoms with Crippen LogP contribution in [0.2, 0.25) is 0 Å². The van der Waals surface area contributed by atoms with Crippen LogP contribution in [0.15, 0.2) is 41.3 Å². The molecule has 0 saturated carbocycles. The van der Waals surface area contributed by atoms with E-state index in [1.54, 1.807) is 6.07 Å². The molecule has 2 aromatic rings. The largest absolute Gasteiger partial charge is 0.497 e. The maximum Gasteiger partial charge on any atom is 0.491 e. The molecule has 9 heteroatoms. The number of rotatable bonds is 4. The molecule has 0 spiro atoms. The van der Waals surface area contributed by atoms with Crippen LogP contribution in [0, 0.1) is 5.82 Å². The minimum Gasteiger partial charge on any atom is -0.497 e. The lowest BCUT2D eigenvalue weighted by Crippen LogP contribution is -2.28. The van der Waals surface area contributed by atoms with Gasteiger partial charge in [0.15, 0.2) is 0 Å². The molecule has 120 valence electrons. The van der Waals surface area contributed by atoms with Gasteiger partial charge in [-0.3, -0.25) is 4.72 Å². The van der Waals surface area contributed by atoms with Gasteiger partial charge in [-0.1, -0.05) is 6.07 Å². The molecule has 23 heavy (non-hydrogen) atoms. The van der Waals surface area contributed by atoms with Gasteiger partial charge in [0.1, 0.15) is 16.5 Å². The summed E-state index contributed by atoms with van der Waals surface area (Å²) in [5.41, 5.74) is 1.47. The highest BCUT2D eigenvalue weighted by Gasteiger charge is 2.28. The van der Waals surface area contributed by atoms with Gasteiger partial charge in [0.25, 0.3) is 10.0 Å². The van der Waals surface area contributed by atoms with Crippen molar-refractivity contribution in [3.05, 3.63) is 47.8 Å². The molecule has 0 unspecified atom stereocenters. The second-order valence-corrected chi connectivity index (χ2v) is 6.63. The fourth-order valence-electron chi connectivity index (χ4n) is 2.31. The first kappa shape index (κ1) is 15.8. The molecule has 3 rings (SSSR count). The number of ether oxygens (including phenoxy) is 1. The van der Waals surface area contributed by atoms with E-state index in [1.807, 2.05) is 0 Å². The van der Waals surface area contributed by atoms with E-state index in [1.165, 1.54) is 25.3 Å². The number of halogens is 1. The van der Waals surface area contributed by atoms with Crippen LogP contribution in [-0.4, -0.2) is 27.7 Å². The molecule has 1 aliphatic heterocycles. The number of anilines is 1. The number of sulfonamides is 1. The molecule has 0 atom stereocenters. The summed E-state index contributed by atoms with van der Waals surface area (Å²) < 4.78 is 50.8. The fraction of sp³-hybridized carbons (Fsp3) is 0.143. The van der Waals surface area contributed by atoms with Gasteiger partial charge in [0.2, 0.25) is 0 Å². The molecule has 0 amide bonds. The first-order chi connectivity index (χ1) is 10.9. The molecular formula is C14H13BFNO5S. The third kappa shape index (κ3) is 3.03. The highest BCUT2D eigenvalue weighted by atomic mass is 32.2. The summed E-state index contributed by atoms with van der Waals surface area (Å²) in [6.07, 6.45) is 0. The molecule has 0 radical (unpaired) electrons. The van der Waals surface area contributed by atoms with Crippen LogP contribution in [0.1, 0.15) is 5.56 Å². The van der Waals surface area contributed by atoms with E-state index in [0.29, 0.717) is 5.46 Å². The monoisotopic (exact) mass is 337 g/mol. The van der Waals surface area contributed by atoms with Crippen molar-refractivity contribution in [2.45, 2.75) is 11.5 Å². The van der Waals surface area contributed by atoms with Crippen LogP contribution in [0.5, 0.6) is 5.75 Å². The third-order valence-corrected chi connectivity index (χ3v) is 4.90. The standard InChI is InChI=1S/C14H13BFNO5S/c1-21-11-4-5-14(13(16)7-11)23(19,20)17-10-3-2-9-8-22-15(18)12(9)6-10/h2-7,17-18H,8H2,1H3. The Bertz CT molecular complexity index is 858. The quantitative estimate of drug-likeness (QED) is 0.808. The van der Waals surface area contributed by atoms with Gasteiger partial charge in [-0.2, -0.15) is 0 Å². The number of methoxy groups -OCH3 is 1. The second-order valence-electron chi connectivity index (χ2n) is 4.98. The van der Waals surface area contributed by atoms with Crippen LogP contribution in [0.4, 0.5) is 10.1 Å². The molecule has 0 saturated heterocycles. The Morgan fingerprint density at radius 3 is 2.78 bits per heavy atom. The molecular weight excluding hydrogens is 324 g/mol. The molecule has 6 nitrogen and oxygen atoms in total. The number of benzene rings is 2. The normalized spacial score (nSPS) is 13.8. The van der Waals surface area contributed by atoms with E-state index >= 15 is 0 Å². The van der Waals surface area contributed by atoms with Crippen LogP contribution >= 0.6 is 0 Å². The summed E-state index contributed by atoms with van der Waals surface area (Å²) in [7, 11) is -3.84. The molecule has 0 bridgehead atoms. The lowest BCUT2D eigenvalue weighted by atomic mass is 9.79. The van der Waals surface area contributed by atoms with Gasteiger partial charge in [-0.05, 0) is 35.3 Å². The van der Waals surface area contributed by atoms with Gasteiger partial charge in [-0.15, -0.1) is 0 Å². The van der Waals surface area contributed by atoms with Crippen molar-refractivity contribution < 1.29 is 27.2 Å². The van der Waals surface area contributed by atoms with E-state index in [-0.39, 0.29) is 18.0 Å². The van der Waals surface area contributed by atoms with Crippen LogP contribution in [-0.2, 0) is 21.3 Å². The summed E-state index contributed by atoms with van der Waals surface area (Å²) in [5, 5.41) is 9.65. The Kier molecular flexibility index (Phi) is 4.01. The molecule has 0 fully saturated rings. The Morgan fingerprint density at radius 1 is 1.30 bits per heavy atom. The van der Waals surface area contributed by atoms with E-state index in [2.05, 4.69) is 4.72 Å². The molecule has 2 N–H and O–H groups in total. The maximum atomic E-state index is 14.0. The zero-order valence-electron chi connectivity index (χ0n) is 12.1. The van der Waals surface area contributed by atoms with Gasteiger partial charge < -0.3 is 14.4 Å². The van der Waals surface area contributed by atoms with Gasteiger partial charge in [-0.25, -0.2) is 12.8 Å². The van der Waals surface area contributed by atoms with E-state index in [4.69, 9.17) is 9.39 Å². The van der Waals surface area contributed by atoms with Crippen LogP contribution in [0.25, 0.3) is 0 Å². The van der Waals surface area contributed by atoms with Crippen molar-refractivity contribution in [1.29, 1.82) is 0 Å². The predicted molar refractivity (Wildman–Crippen MR) is 82.6 cm³/mol. The lowest BCUT2D eigenvalue weighted by Gasteiger charge is -2.11. The second kappa shape index (κ2) is 5.84. The zero-order chi connectivity index (χ0) is 16.6. The smallest absolute Gasteiger partial charge is 0.491 e. The minimum atomic E-state index is -4.11. The van der Waals surface area contributed by atoms with Gasteiger partial charge >= 0.3 is 7.12 Å². The first-order valence-electron chi connectivity index (χ1n) is 6.69. The Balaban J connectivity index is 1.91. The highest BCUT2D eigenvalue weighted by molar-refractivity contribution is 7.92. The molecule has 0 aliphatic carbocycles. The maximum absolute atomic E-state index is 14.0. The molecule has 2 aromatic carbocycles. The van der Waals surface area contributed by atoms with Crippen molar-refractivity contribution in [1.82, 2.24) is 0 Å². The topological polar surface area (TPSA) is 84.9 Å². The number of fused-ring (bicyclic) bond motifs is 1.